The zero-order valence-electron chi connectivity index (χ0n) is 12.1. The van der Waals surface area contributed by atoms with Gasteiger partial charge in [0.05, 0.1) is 12.2 Å². The normalized spacial score (nSPS) is 10.2. The lowest BCUT2D eigenvalue weighted by Gasteiger charge is -2.10. The minimum Gasteiger partial charge on any atom is -0.494 e. The summed E-state index contributed by atoms with van der Waals surface area (Å²) in [6.45, 7) is 4.65. The predicted molar refractivity (Wildman–Crippen MR) is 87.2 cm³/mol. The van der Waals surface area contributed by atoms with Crippen LogP contribution in [-0.4, -0.2) is 16.6 Å². The van der Waals surface area contributed by atoms with Crippen LogP contribution in [-0.2, 0) is 0 Å². The molecule has 0 unspecified atom stereocenters. The van der Waals surface area contributed by atoms with Crippen molar-refractivity contribution in [2.24, 2.45) is 5.73 Å². The number of rotatable bonds is 6. The Morgan fingerprint density at radius 2 is 1.81 bits per heavy atom. The van der Waals surface area contributed by atoms with Gasteiger partial charge in [0.2, 0.25) is 5.88 Å². The van der Waals surface area contributed by atoms with Gasteiger partial charge in [-0.1, -0.05) is 19.1 Å². The van der Waals surface area contributed by atoms with Crippen molar-refractivity contribution < 1.29 is 9.47 Å². The van der Waals surface area contributed by atoms with Crippen LogP contribution in [0.3, 0.4) is 0 Å². The topological polar surface area (TPSA) is 57.4 Å². The largest absolute Gasteiger partial charge is 0.494 e. The number of hydrogen-bond acceptors (Lipinski definition) is 4. The SMILES string of the molecule is CCCOc1ccc(Oc2nc(C)ccc2C(N)=S)cc1. The summed E-state index contributed by atoms with van der Waals surface area (Å²) >= 11 is 5.02. The quantitative estimate of drug-likeness (QED) is 0.826. The van der Waals surface area contributed by atoms with Crippen LogP contribution < -0.4 is 15.2 Å². The molecule has 1 aromatic carbocycles. The Bertz CT molecular complexity index is 627. The van der Waals surface area contributed by atoms with E-state index in [0.717, 1.165) is 17.9 Å². The molecule has 1 aromatic heterocycles. The molecule has 0 aliphatic heterocycles. The third kappa shape index (κ3) is 4.16. The molecule has 0 fully saturated rings. The first kappa shape index (κ1) is 15.3. The maximum atomic E-state index is 5.78. The highest BCUT2D eigenvalue weighted by molar-refractivity contribution is 7.80. The van der Waals surface area contributed by atoms with Gasteiger partial charge in [-0.05, 0) is 49.7 Å². The van der Waals surface area contributed by atoms with E-state index in [4.69, 9.17) is 27.4 Å². The first-order chi connectivity index (χ1) is 10.1. The van der Waals surface area contributed by atoms with E-state index >= 15 is 0 Å². The van der Waals surface area contributed by atoms with Crippen LogP contribution in [0.5, 0.6) is 17.4 Å². The lowest BCUT2D eigenvalue weighted by atomic mass is 10.2. The lowest BCUT2D eigenvalue weighted by Crippen LogP contribution is -2.11. The van der Waals surface area contributed by atoms with E-state index < -0.39 is 0 Å². The summed E-state index contributed by atoms with van der Waals surface area (Å²) in [6, 6.07) is 11.1. The molecule has 2 aromatic rings. The second-order valence-corrected chi connectivity index (χ2v) is 5.03. The Morgan fingerprint density at radius 3 is 2.43 bits per heavy atom. The van der Waals surface area contributed by atoms with Gasteiger partial charge in [-0.15, -0.1) is 0 Å². The summed E-state index contributed by atoms with van der Waals surface area (Å²) in [5, 5.41) is 0. The zero-order valence-corrected chi connectivity index (χ0v) is 12.9. The number of aryl methyl sites for hydroxylation is 1. The first-order valence-electron chi connectivity index (χ1n) is 6.78. The van der Waals surface area contributed by atoms with Crippen molar-refractivity contribution in [3.8, 4) is 17.4 Å². The van der Waals surface area contributed by atoms with Crippen LogP contribution in [0.25, 0.3) is 0 Å². The molecule has 0 radical (unpaired) electrons. The highest BCUT2D eigenvalue weighted by Crippen LogP contribution is 2.25. The van der Waals surface area contributed by atoms with Gasteiger partial charge in [-0.3, -0.25) is 0 Å². The van der Waals surface area contributed by atoms with Crippen LogP contribution in [0.1, 0.15) is 24.6 Å². The molecule has 4 nitrogen and oxygen atoms in total. The van der Waals surface area contributed by atoms with Gasteiger partial charge < -0.3 is 15.2 Å². The minimum absolute atomic E-state index is 0.264. The molecule has 0 aliphatic rings. The van der Waals surface area contributed by atoms with Crippen LogP contribution in [0.4, 0.5) is 0 Å². The molecule has 5 heteroatoms. The average Bonchev–Trinajstić information content (AvgIpc) is 2.46. The van der Waals surface area contributed by atoms with E-state index in [9.17, 15) is 0 Å². The average molecular weight is 302 g/mol. The van der Waals surface area contributed by atoms with Gasteiger partial charge in [0.25, 0.3) is 0 Å². The number of hydrogen-bond donors (Lipinski definition) is 1. The second kappa shape index (κ2) is 7.04. The number of pyridine rings is 1. The van der Waals surface area contributed by atoms with E-state index in [2.05, 4.69) is 11.9 Å². The van der Waals surface area contributed by atoms with E-state index in [1.165, 1.54) is 0 Å². The summed E-state index contributed by atoms with van der Waals surface area (Å²) in [6.07, 6.45) is 0.975. The first-order valence-corrected chi connectivity index (χ1v) is 7.19. The van der Waals surface area contributed by atoms with E-state index in [0.29, 0.717) is 23.8 Å². The fourth-order valence-corrected chi connectivity index (χ4v) is 1.89. The molecule has 21 heavy (non-hydrogen) atoms. The molecule has 0 amide bonds. The molecule has 110 valence electrons. The van der Waals surface area contributed by atoms with E-state index in [-0.39, 0.29) is 4.99 Å². The Balaban J connectivity index is 2.18. The standard InChI is InChI=1S/C16H18N2O2S/c1-3-10-19-12-5-7-13(8-6-12)20-16-14(15(17)21)9-4-11(2)18-16/h4-9H,3,10H2,1-2H3,(H2,17,21). The highest BCUT2D eigenvalue weighted by Gasteiger charge is 2.10. The predicted octanol–water partition coefficient (Wildman–Crippen LogP) is 3.61. The summed E-state index contributed by atoms with van der Waals surface area (Å²) < 4.78 is 11.3. The molecular weight excluding hydrogens is 284 g/mol. The van der Waals surface area contributed by atoms with E-state index in [1.54, 1.807) is 0 Å². The van der Waals surface area contributed by atoms with Crippen molar-refractivity contribution in [1.29, 1.82) is 0 Å². The fourth-order valence-electron chi connectivity index (χ4n) is 1.73. The maximum absolute atomic E-state index is 5.78. The third-order valence-corrected chi connectivity index (χ3v) is 3.00. The molecule has 0 aliphatic carbocycles. The Kier molecular flexibility index (Phi) is 5.11. The number of nitrogens with two attached hydrogens (primary N) is 1. The molecule has 0 spiro atoms. The maximum Gasteiger partial charge on any atom is 0.229 e. The third-order valence-electron chi connectivity index (χ3n) is 2.78. The monoisotopic (exact) mass is 302 g/mol. The van der Waals surface area contributed by atoms with Gasteiger partial charge in [0.1, 0.15) is 16.5 Å². The zero-order chi connectivity index (χ0) is 15.2. The van der Waals surface area contributed by atoms with Crippen molar-refractivity contribution in [2.75, 3.05) is 6.61 Å². The Labute approximate surface area is 129 Å². The molecule has 0 bridgehead atoms. The van der Waals surface area contributed by atoms with Gasteiger partial charge in [-0.25, -0.2) is 4.98 Å². The highest BCUT2D eigenvalue weighted by atomic mass is 32.1. The molecule has 1 heterocycles. The molecule has 0 saturated heterocycles. The molecule has 0 atom stereocenters. The van der Waals surface area contributed by atoms with Crippen LogP contribution in [0.15, 0.2) is 36.4 Å². The lowest BCUT2D eigenvalue weighted by molar-refractivity contribution is 0.317. The molecule has 0 saturated carbocycles. The molecule has 2 rings (SSSR count). The summed E-state index contributed by atoms with van der Waals surface area (Å²) in [5.74, 6) is 1.90. The van der Waals surface area contributed by atoms with Gasteiger partial charge in [-0.2, -0.15) is 0 Å². The van der Waals surface area contributed by atoms with Crippen molar-refractivity contribution >= 4 is 17.2 Å². The van der Waals surface area contributed by atoms with E-state index in [1.807, 2.05) is 43.3 Å². The number of nitrogens with zero attached hydrogens (tertiary/aromatic N) is 1. The Hall–Kier alpha value is -2.14. The molecular formula is C16H18N2O2S. The van der Waals surface area contributed by atoms with Gasteiger partial charge in [0, 0.05) is 5.69 Å². The van der Waals surface area contributed by atoms with Crippen LogP contribution >= 0.6 is 12.2 Å². The summed E-state index contributed by atoms with van der Waals surface area (Å²) in [5.41, 5.74) is 7.16. The summed E-state index contributed by atoms with van der Waals surface area (Å²) in [7, 11) is 0. The number of thiocarbonyl (C=S) groups is 1. The number of ether oxygens (including phenoxy) is 2. The van der Waals surface area contributed by atoms with Crippen molar-refractivity contribution in [1.82, 2.24) is 4.98 Å². The minimum atomic E-state index is 0.264. The molecule has 2 N–H and O–H groups in total. The van der Waals surface area contributed by atoms with Crippen LogP contribution in [0.2, 0.25) is 0 Å². The van der Waals surface area contributed by atoms with Crippen molar-refractivity contribution in [3.63, 3.8) is 0 Å². The smallest absolute Gasteiger partial charge is 0.229 e. The van der Waals surface area contributed by atoms with Gasteiger partial charge in [0.15, 0.2) is 0 Å². The number of benzene rings is 1. The number of aromatic nitrogens is 1. The van der Waals surface area contributed by atoms with Crippen LogP contribution in [0, 0.1) is 6.92 Å². The van der Waals surface area contributed by atoms with Crippen molar-refractivity contribution in [3.05, 3.63) is 47.7 Å². The van der Waals surface area contributed by atoms with Gasteiger partial charge >= 0.3 is 0 Å². The fraction of sp³-hybridized carbons (Fsp3) is 0.250. The summed E-state index contributed by atoms with van der Waals surface area (Å²) in [4.78, 5) is 4.60. The second-order valence-electron chi connectivity index (χ2n) is 4.59. The Morgan fingerprint density at radius 1 is 1.14 bits per heavy atom. The van der Waals surface area contributed by atoms with Crippen molar-refractivity contribution in [2.45, 2.75) is 20.3 Å².